The Labute approximate surface area is 122 Å². The minimum atomic E-state index is 0.204. The number of hydrogen-bond acceptors (Lipinski definition) is 3. The van der Waals surface area contributed by atoms with Gasteiger partial charge < -0.3 is 9.73 Å². The fraction of sp³-hybridized carbons (Fsp3) is 0.333. The van der Waals surface area contributed by atoms with Gasteiger partial charge in [-0.1, -0.05) is 11.6 Å². The highest BCUT2D eigenvalue weighted by Crippen LogP contribution is 2.38. The average molecular weight is 294 g/mol. The van der Waals surface area contributed by atoms with Gasteiger partial charge in [0.15, 0.2) is 0 Å². The van der Waals surface area contributed by atoms with Crippen molar-refractivity contribution in [3.05, 3.63) is 52.9 Å². The van der Waals surface area contributed by atoms with Gasteiger partial charge in [-0.3, -0.25) is 0 Å². The normalized spacial score (nSPS) is 20.0. The van der Waals surface area contributed by atoms with E-state index in [1.54, 1.807) is 6.26 Å². The summed E-state index contributed by atoms with van der Waals surface area (Å²) in [4.78, 5) is 1.33. The molecule has 0 fully saturated rings. The maximum atomic E-state index is 6.12. The van der Waals surface area contributed by atoms with E-state index in [1.807, 2.05) is 30.0 Å². The van der Waals surface area contributed by atoms with Crippen molar-refractivity contribution in [1.29, 1.82) is 0 Å². The predicted octanol–water partition coefficient (Wildman–Crippen LogP) is 4.82. The molecule has 1 aliphatic heterocycles. The predicted molar refractivity (Wildman–Crippen MR) is 79.8 cm³/mol. The van der Waals surface area contributed by atoms with Crippen LogP contribution < -0.4 is 5.32 Å². The maximum Gasteiger partial charge on any atom is 0.120 e. The minimum Gasteiger partial charge on any atom is -0.468 e. The zero-order valence-corrected chi connectivity index (χ0v) is 12.3. The first-order valence-corrected chi connectivity index (χ1v) is 7.82. The van der Waals surface area contributed by atoms with Crippen LogP contribution in [0.4, 0.5) is 0 Å². The Morgan fingerprint density at radius 1 is 1.42 bits per heavy atom. The van der Waals surface area contributed by atoms with Gasteiger partial charge in [0.1, 0.15) is 5.76 Å². The van der Waals surface area contributed by atoms with Crippen LogP contribution in [0.15, 0.2) is 45.9 Å². The zero-order valence-electron chi connectivity index (χ0n) is 10.7. The third-order valence-corrected chi connectivity index (χ3v) is 4.79. The summed E-state index contributed by atoms with van der Waals surface area (Å²) in [6.45, 7) is 2.13. The SMILES string of the molecule is C[C@@H](NC1CCSc2ccc(Cl)cc21)c1ccco1. The van der Waals surface area contributed by atoms with Crippen LogP contribution in [0.2, 0.25) is 5.02 Å². The average Bonchev–Trinajstić information content (AvgIpc) is 2.93. The summed E-state index contributed by atoms with van der Waals surface area (Å²) in [5.74, 6) is 2.11. The Hall–Kier alpha value is -0.900. The van der Waals surface area contributed by atoms with Gasteiger partial charge in [0.25, 0.3) is 0 Å². The highest BCUT2D eigenvalue weighted by Gasteiger charge is 2.23. The van der Waals surface area contributed by atoms with Crippen molar-refractivity contribution in [3.8, 4) is 0 Å². The van der Waals surface area contributed by atoms with Gasteiger partial charge in [0, 0.05) is 16.0 Å². The van der Waals surface area contributed by atoms with E-state index >= 15 is 0 Å². The third-order valence-electron chi connectivity index (χ3n) is 3.43. The van der Waals surface area contributed by atoms with Gasteiger partial charge in [-0.05, 0) is 55.0 Å². The second-order valence-electron chi connectivity index (χ2n) is 4.78. The molecule has 2 heterocycles. The molecule has 2 aromatic rings. The van der Waals surface area contributed by atoms with E-state index in [0.717, 1.165) is 23.0 Å². The van der Waals surface area contributed by atoms with Crippen LogP contribution in [-0.2, 0) is 0 Å². The molecule has 0 bridgehead atoms. The second kappa shape index (κ2) is 5.61. The summed E-state index contributed by atoms with van der Waals surface area (Å²) in [6.07, 6.45) is 2.83. The van der Waals surface area contributed by atoms with Gasteiger partial charge in [-0.2, -0.15) is 0 Å². The van der Waals surface area contributed by atoms with E-state index < -0.39 is 0 Å². The number of rotatable bonds is 3. The summed E-state index contributed by atoms with van der Waals surface area (Å²) in [5, 5.41) is 4.44. The molecule has 1 unspecified atom stereocenters. The first-order valence-electron chi connectivity index (χ1n) is 6.46. The second-order valence-corrected chi connectivity index (χ2v) is 6.35. The number of fused-ring (bicyclic) bond motifs is 1. The molecule has 0 spiro atoms. The standard InChI is InChI=1S/C15H16ClNOS/c1-10(14-3-2-7-18-14)17-13-6-8-19-15-5-4-11(16)9-12(13)15/h2-5,7,9-10,13,17H,6,8H2,1H3/t10-,13?/m1/s1. The molecule has 0 radical (unpaired) electrons. The van der Waals surface area contributed by atoms with Crippen LogP contribution in [0.25, 0.3) is 0 Å². The molecule has 0 aliphatic carbocycles. The quantitative estimate of drug-likeness (QED) is 0.878. The van der Waals surface area contributed by atoms with Gasteiger partial charge in [-0.25, -0.2) is 0 Å². The van der Waals surface area contributed by atoms with E-state index in [0.29, 0.717) is 6.04 Å². The summed E-state index contributed by atoms with van der Waals surface area (Å²) in [6, 6.07) is 10.6. The van der Waals surface area contributed by atoms with Crippen LogP contribution in [-0.4, -0.2) is 5.75 Å². The fourth-order valence-electron chi connectivity index (χ4n) is 2.46. The van der Waals surface area contributed by atoms with E-state index in [1.165, 1.54) is 10.5 Å². The maximum absolute atomic E-state index is 6.12. The molecule has 1 aromatic carbocycles. The van der Waals surface area contributed by atoms with E-state index in [-0.39, 0.29) is 6.04 Å². The Bertz CT molecular complexity index is 555. The summed E-state index contributed by atoms with van der Waals surface area (Å²) in [7, 11) is 0. The molecule has 1 aromatic heterocycles. The van der Waals surface area contributed by atoms with Crippen LogP contribution in [0, 0.1) is 0 Å². The Morgan fingerprint density at radius 3 is 3.11 bits per heavy atom. The van der Waals surface area contributed by atoms with Crippen molar-refractivity contribution in [2.75, 3.05) is 5.75 Å². The van der Waals surface area contributed by atoms with Crippen LogP contribution in [0.3, 0.4) is 0 Å². The number of benzene rings is 1. The lowest BCUT2D eigenvalue weighted by Crippen LogP contribution is -2.27. The molecular formula is C15H16ClNOS. The molecule has 100 valence electrons. The topological polar surface area (TPSA) is 25.2 Å². The lowest BCUT2D eigenvalue weighted by Gasteiger charge is -2.28. The number of thioether (sulfide) groups is 1. The lowest BCUT2D eigenvalue weighted by atomic mass is 10.0. The molecule has 4 heteroatoms. The molecule has 3 rings (SSSR count). The molecular weight excluding hydrogens is 278 g/mol. The molecule has 19 heavy (non-hydrogen) atoms. The molecule has 1 aliphatic rings. The Balaban J connectivity index is 1.81. The van der Waals surface area contributed by atoms with Gasteiger partial charge in [-0.15, -0.1) is 11.8 Å². The number of nitrogens with one attached hydrogen (secondary N) is 1. The van der Waals surface area contributed by atoms with Crippen molar-refractivity contribution in [2.45, 2.75) is 30.3 Å². The first-order chi connectivity index (χ1) is 9.24. The molecule has 0 saturated heterocycles. The number of halogens is 1. The van der Waals surface area contributed by atoms with Gasteiger partial charge in [0.05, 0.1) is 12.3 Å². The zero-order chi connectivity index (χ0) is 13.2. The van der Waals surface area contributed by atoms with Crippen LogP contribution >= 0.6 is 23.4 Å². The highest BCUT2D eigenvalue weighted by molar-refractivity contribution is 7.99. The molecule has 2 nitrogen and oxygen atoms in total. The molecule has 1 N–H and O–H groups in total. The largest absolute Gasteiger partial charge is 0.468 e. The van der Waals surface area contributed by atoms with Crippen molar-refractivity contribution in [3.63, 3.8) is 0 Å². The third kappa shape index (κ3) is 2.83. The molecule has 0 saturated carbocycles. The molecule has 0 amide bonds. The highest BCUT2D eigenvalue weighted by atomic mass is 35.5. The van der Waals surface area contributed by atoms with E-state index in [2.05, 4.69) is 24.4 Å². The number of hydrogen-bond donors (Lipinski definition) is 1. The number of furan rings is 1. The summed E-state index contributed by atoms with van der Waals surface area (Å²) in [5.41, 5.74) is 1.31. The van der Waals surface area contributed by atoms with E-state index in [9.17, 15) is 0 Å². The van der Waals surface area contributed by atoms with Crippen LogP contribution in [0.1, 0.15) is 36.8 Å². The fourth-order valence-corrected chi connectivity index (χ4v) is 3.75. The first kappa shape index (κ1) is 13.1. The van der Waals surface area contributed by atoms with Crippen molar-refractivity contribution < 1.29 is 4.42 Å². The smallest absolute Gasteiger partial charge is 0.120 e. The monoisotopic (exact) mass is 293 g/mol. The van der Waals surface area contributed by atoms with Gasteiger partial charge >= 0.3 is 0 Å². The van der Waals surface area contributed by atoms with Crippen molar-refractivity contribution >= 4 is 23.4 Å². The summed E-state index contributed by atoms with van der Waals surface area (Å²) >= 11 is 8.03. The van der Waals surface area contributed by atoms with Gasteiger partial charge in [0.2, 0.25) is 0 Å². The van der Waals surface area contributed by atoms with Crippen molar-refractivity contribution in [2.24, 2.45) is 0 Å². The lowest BCUT2D eigenvalue weighted by molar-refractivity contribution is 0.384. The Kier molecular flexibility index (Phi) is 3.87. The Morgan fingerprint density at radius 2 is 2.32 bits per heavy atom. The van der Waals surface area contributed by atoms with Crippen LogP contribution in [0.5, 0.6) is 0 Å². The minimum absolute atomic E-state index is 0.204. The summed E-state index contributed by atoms with van der Waals surface area (Å²) < 4.78 is 5.45. The van der Waals surface area contributed by atoms with E-state index in [4.69, 9.17) is 16.0 Å². The van der Waals surface area contributed by atoms with Crippen molar-refractivity contribution in [1.82, 2.24) is 5.32 Å². The molecule has 2 atom stereocenters.